The van der Waals surface area contributed by atoms with Gasteiger partial charge in [-0.05, 0) is 0 Å². The number of rotatable bonds is 0. The van der Waals surface area contributed by atoms with Crippen LogP contribution < -0.4 is 4.98 Å². The van der Waals surface area contributed by atoms with Gasteiger partial charge in [0.2, 0.25) is 0 Å². The Labute approximate surface area is 82.7 Å². The molecule has 0 aliphatic rings. The minimum atomic E-state index is -2.87. The van der Waals surface area contributed by atoms with Crippen molar-refractivity contribution in [3.8, 4) is 0 Å². The summed E-state index contributed by atoms with van der Waals surface area (Å²) in [5, 5.41) is 0. The topological polar surface area (TPSA) is 145 Å². The minimum absolute atomic E-state index is 1.62. The van der Waals surface area contributed by atoms with Crippen molar-refractivity contribution in [2.45, 2.75) is 0 Å². The summed E-state index contributed by atoms with van der Waals surface area (Å²) in [6.07, 6.45) is 5.16. The number of H-pyrrole nitrogens is 1. The fraction of sp³-hybridized carbons (Fsp3) is 0. The molecule has 0 saturated heterocycles. The maximum absolute atomic E-state index is 8.70. The van der Waals surface area contributed by atoms with Gasteiger partial charge in [0.25, 0.3) is 6.33 Å². The van der Waals surface area contributed by atoms with Crippen LogP contribution in [0.15, 0.2) is 24.8 Å². The van der Waals surface area contributed by atoms with Crippen LogP contribution in [-0.2, 0) is 15.9 Å². The first-order valence-electron chi connectivity index (χ1n) is 2.86. The molecule has 14 heavy (non-hydrogen) atoms. The Morgan fingerprint density at radius 3 is 2.00 bits per heavy atom. The quantitative estimate of drug-likeness (QED) is 0.385. The molecule has 1 atom stereocenters. The molecule has 0 saturated carbocycles. The molecule has 1 heterocycles. The second kappa shape index (κ2) is 12.2. The van der Waals surface area contributed by atoms with E-state index in [1.807, 2.05) is 12.3 Å². The first-order valence-corrected chi connectivity index (χ1v) is 5.06. The lowest BCUT2D eigenvalue weighted by atomic mass is 10.7. The number of nitrogens with one attached hydrogen (secondary N) is 1. The van der Waals surface area contributed by atoms with E-state index in [0.29, 0.717) is 0 Å². The van der Waals surface area contributed by atoms with Crippen LogP contribution in [0.3, 0.4) is 0 Å². The molecular weight excluding hydrogens is 235 g/mol. The SMILES string of the molecule is O=S([O-])O.O=[P+](O)O.c1cnc[nH+]c1. The van der Waals surface area contributed by atoms with Gasteiger partial charge in [0, 0.05) is 10.6 Å². The van der Waals surface area contributed by atoms with Gasteiger partial charge in [-0.3, -0.25) is 4.98 Å². The summed E-state index contributed by atoms with van der Waals surface area (Å²) < 4.78 is 32.8. The van der Waals surface area contributed by atoms with E-state index in [0.717, 1.165) is 0 Å². The third-order valence-corrected chi connectivity index (χ3v) is 0.514. The summed E-state index contributed by atoms with van der Waals surface area (Å²) in [5.41, 5.74) is 0. The van der Waals surface area contributed by atoms with Gasteiger partial charge < -0.3 is 9.11 Å². The average Bonchev–Trinajstić information content (AvgIpc) is 2.05. The van der Waals surface area contributed by atoms with Crippen LogP contribution in [0, 0.1) is 0 Å². The van der Waals surface area contributed by atoms with Crippen molar-refractivity contribution in [2.24, 2.45) is 0 Å². The molecule has 0 bridgehead atoms. The van der Waals surface area contributed by atoms with Gasteiger partial charge in [-0.1, -0.05) is 4.98 Å². The molecule has 0 fully saturated rings. The Hall–Kier alpha value is -0.830. The Kier molecular flexibility index (Phi) is 13.6. The normalized spacial score (nSPS) is 9.71. The highest BCUT2D eigenvalue weighted by molar-refractivity contribution is 7.73. The van der Waals surface area contributed by atoms with Gasteiger partial charge in [-0.2, -0.15) is 0 Å². The molecule has 0 spiro atoms. The van der Waals surface area contributed by atoms with Crippen LogP contribution in [-0.4, -0.2) is 28.1 Å². The lowest BCUT2D eigenvalue weighted by Gasteiger charge is -1.83. The van der Waals surface area contributed by atoms with Crippen molar-refractivity contribution in [2.75, 3.05) is 0 Å². The largest absolute Gasteiger partial charge is 0.750 e. The second-order valence-electron chi connectivity index (χ2n) is 1.42. The zero-order valence-electron chi connectivity index (χ0n) is 6.68. The molecule has 1 aromatic rings. The van der Waals surface area contributed by atoms with E-state index in [1.165, 1.54) is 0 Å². The maximum Gasteiger partial charge on any atom is 0.692 e. The Balaban J connectivity index is 0. The van der Waals surface area contributed by atoms with Crippen LogP contribution in [0.2, 0.25) is 0 Å². The molecule has 0 radical (unpaired) electrons. The number of nitrogens with zero attached hydrogens (tertiary/aromatic N) is 1. The van der Waals surface area contributed by atoms with Crippen molar-refractivity contribution >= 4 is 19.6 Å². The molecule has 8 nitrogen and oxygen atoms in total. The second-order valence-corrected chi connectivity index (χ2v) is 2.36. The number of hydrogen-bond donors (Lipinski definition) is 3. The summed E-state index contributed by atoms with van der Waals surface area (Å²) >= 11 is -2.86. The van der Waals surface area contributed by atoms with E-state index < -0.39 is 19.6 Å². The fourth-order valence-corrected chi connectivity index (χ4v) is 0.277. The molecule has 0 aliphatic carbocycles. The Morgan fingerprint density at radius 2 is 1.93 bits per heavy atom. The van der Waals surface area contributed by atoms with Crippen molar-refractivity contribution in [1.82, 2.24) is 4.98 Å². The number of aromatic amines is 1. The third-order valence-electron chi connectivity index (χ3n) is 0.514. The predicted octanol–water partition coefficient (Wildman–Crippen LogP) is -1.14. The van der Waals surface area contributed by atoms with Crippen LogP contribution in [0.5, 0.6) is 0 Å². The predicted molar refractivity (Wildman–Crippen MR) is 44.4 cm³/mol. The molecule has 1 rings (SSSR count). The van der Waals surface area contributed by atoms with Gasteiger partial charge >= 0.3 is 8.25 Å². The summed E-state index contributed by atoms with van der Waals surface area (Å²) in [7, 11) is -2.87. The molecule has 0 amide bonds. The van der Waals surface area contributed by atoms with Crippen molar-refractivity contribution < 1.29 is 32.7 Å². The average molecular weight is 243 g/mol. The van der Waals surface area contributed by atoms with Crippen molar-refractivity contribution in [3.63, 3.8) is 0 Å². The molecule has 0 aliphatic heterocycles. The van der Waals surface area contributed by atoms with Gasteiger partial charge in [0.05, 0.1) is 17.6 Å². The van der Waals surface area contributed by atoms with Crippen LogP contribution >= 0.6 is 8.25 Å². The van der Waals surface area contributed by atoms with Gasteiger partial charge in [-0.15, -0.1) is 9.79 Å². The first-order chi connectivity index (χ1) is 6.46. The van der Waals surface area contributed by atoms with E-state index in [1.54, 1.807) is 12.5 Å². The minimum Gasteiger partial charge on any atom is -0.750 e. The molecule has 1 aromatic heterocycles. The van der Waals surface area contributed by atoms with Crippen LogP contribution in [0.25, 0.3) is 0 Å². The van der Waals surface area contributed by atoms with E-state index in [9.17, 15) is 0 Å². The van der Waals surface area contributed by atoms with Crippen molar-refractivity contribution in [1.29, 1.82) is 0 Å². The standard InChI is InChI=1S/C4H4N2.HO3P.H2O3S/c1-2-5-4-6-3-1;2*1-4(2)3/h1-4H;(H-,1,2,3);(H2,1,2,3)/p+1. The molecule has 80 valence electrons. The monoisotopic (exact) mass is 243 g/mol. The third kappa shape index (κ3) is 43.2. The highest BCUT2D eigenvalue weighted by atomic mass is 32.2. The van der Waals surface area contributed by atoms with Crippen LogP contribution in [0.1, 0.15) is 0 Å². The van der Waals surface area contributed by atoms with E-state index >= 15 is 0 Å². The zero-order valence-corrected chi connectivity index (χ0v) is 8.39. The number of hydrogen-bond acceptors (Lipinski definition) is 4. The summed E-state index contributed by atoms with van der Waals surface area (Å²) in [5.74, 6) is 0. The van der Waals surface area contributed by atoms with Gasteiger partial charge in [-0.25, -0.2) is 4.21 Å². The van der Waals surface area contributed by atoms with Crippen LogP contribution in [0.4, 0.5) is 0 Å². The summed E-state index contributed by atoms with van der Waals surface area (Å²) in [6.45, 7) is 0. The molecule has 1 unspecified atom stereocenters. The first kappa shape index (κ1) is 15.6. The Bertz CT molecular complexity index is 213. The summed E-state index contributed by atoms with van der Waals surface area (Å²) in [4.78, 5) is 20.8. The van der Waals surface area contributed by atoms with Gasteiger partial charge in [0.1, 0.15) is 6.20 Å². The lowest BCUT2D eigenvalue weighted by molar-refractivity contribution is -0.382. The maximum atomic E-state index is 8.70. The summed E-state index contributed by atoms with van der Waals surface area (Å²) in [6, 6.07) is 1.83. The van der Waals surface area contributed by atoms with Gasteiger partial charge in [0.15, 0.2) is 0 Å². The van der Waals surface area contributed by atoms with E-state index in [2.05, 4.69) is 9.97 Å². The van der Waals surface area contributed by atoms with E-state index in [-0.39, 0.29) is 0 Å². The molecular formula is C4H8N2O6PS+. The van der Waals surface area contributed by atoms with E-state index in [4.69, 9.17) is 27.7 Å². The molecule has 4 N–H and O–H groups in total. The zero-order chi connectivity index (χ0) is 11.4. The smallest absolute Gasteiger partial charge is 0.692 e. The van der Waals surface area contributed by atoms with Crippen molar-refractivity contribution in [3.05, 3.63) is 24.8 Å². The highest BCUT2D eigenvalue weighted by Crippen LogP contribution is 1.98. The Morgan fingerprint density at radius 1 is 1.50 bits per heavy atom. The number of aromatic nitrogens is 2. The lowest BCUT2D eigenvalue weighted by Crippen LogP contribution is -1.96. The molecule has 10 heteroatoms. The fourth-order valence-electron chi connectivity index (χ4n) is 0.277. The molecule has 0 aromatic carbocycles. The highest BCUT2D eigenvalue weighted by Gasteiger charge is 1.93.